The molecular formula is C43H29N. The molecule has 1 heterocycles. The van der Waals surface area contributed by atoms with Crippen LogP contribution in [0.4, 0.5) is 0 Å². The van der Waals surface area contributed by atoms with Crippen molar-refractivity contribution in [1.29, 1.82) is 0 Å². The van der Waals surface area contributed by atoms with Gasteiger partial charge in [-0.3, -0.25) is 0 Å². The number of fused-ring (bicyclic) bond motifs is 15. The Morgan fingerprint density at radius 1 is 0.432 bits per heavy atom. The van der Waals surface area contributed by atoms with Gasteiger partial charge in [0, 0.05) is 21.9 Å². The van der Waals surface area contributed by atoms with Gasteiger partial charge in [0.1, 0.15) is 0 Å². The lowest BCUT2D eigenvalue weighted by Crippen LogP contribution is -2.15. The first kappa shape index (κ1) is 24.1. The molecule has 0 unspecified atom stereocenters. The van der Waals surface area contributed by atoms with E-state index in [4.69, 9.17) is 0 Å². The van der Waals surface area contributed by atoms with Crippen molar-refractivity contribution < 1.29 is 0 Å². The zero-order chi connectivity index (χ0) is 29.2. The number of benzene rings is 8. The molecule has 0 bridgehead atoms. The van der Waals surface area contributed by atoms with E-state index in [1.165, 1.54) is 92.8 Å². The monoisotopic (exact) mass is 559 g/mol. The molecule has 0 N–H and O–H groups in total. The van der Waals surface area contributed by atoms with Gasteiger partial charge in [-0.2, -0.15) is 0 Å². The van der Waals surface area contributed by atoms with Crippen molar-refractivity contribution in [2.75, 3.05) is 0 Å². The first-order chi connectivity index (χ1) is 21.6. The highest BCUT2D eigenvalue weighted by Gasteiger charge is 2.38. The van der Waals surface area contributed by atoms with Gasteiger partial charge in [-0.05, 0) is 95.7 Å². The van der Waals surface area contributed by atoms with Gasteiger partial charge in [-0.1, -0.05) is 123 Å². The summed E-state index contributed by atoms with van der Waals surface area (Å²) in [4.78, 5) is 0. The van der Waals surface area contributed by atoms with Crippen LogP contribution >= 0.6 is 0 Å². The van der Waals surface area contributed by atoms with Crippen LogP contribution in [0, 0.1) is 0 Å². The van der Waals surface area contributed by atoms with E-state index in [2.05, 4.69) is 158 Å². The lowest BCUT2D eigenvalue weighted by atomic mass is 9.81. The Labute approximate surface area is 255 Å². The fraction of sp³-hybridized carbons (Fsp3) is 0.0698. The highest BCUT2D eigenvalue weighted by atomic mass is 15.0. The Kier molecular flexibility index (Phi) is 4.58. The maximum absolute atomic E-state index is 2.51. The standard InChI is InChI=1S/C43H29N/c1-43(2)36-23-22-33-30-17-9-8-16-29(30)32-21-20-26-12-6-7-15-28(26)40(32)42(33)41(36)35-24-34-31-18-10-11-19-38(31)44(39(34)25-37(35)43)27-13-4-3-5-14-27/h3-25H,1-2H3. The summed E-state index contributed by atoms with van der Waals surface area (Å²) < 4.78 is 2.44. The van der Waals surface area contributed by atoms with Crippen molar-refractivity contribution in [3.8, 4) is 16.8 Å². The first-order valence-corrected chi connectivity index (χ1v) is 15.5. The van der Waals surface area contributed by atoms with Gasteiger partial charge in [0.25, 0.3) is 0 Å². The van der Waals surface area contributed by atoms with Gasteiger partial charge < -0.3 is 4.57 Å². The van der Waals surface area contributed by atoms with Crippen molar-refractivity contribution in [2.24, 2.45) is 0 Å². The fourth-order valence-electron chi connectivity index (χ4n) is 8.34. The molecule has 0 radical (unpaired) electrons. The molecule has 44 heavy (non-hydrogen) atoms. The average Bonchev–Trinajstić information content (AvgIpc) is 3.52. The van der Waals surface area contributed by atoms with Crippen LogP contribution in [0.3, 0.4) is 0 Å². The molecule has 1 aliphatic carbocycles. The molecule has 1 aliphatic rings. The van der Waals surface area contributed by atoms with Gasteiger partial charge in [-0.25, -0.2) is 0 Å². The van der Waals surface area contributed by atoms with E-state index in [1.807, 2.05) is 0 Å². The van der Waals surface area contributed by atoms with E-state index in [9.17, 15) is 0 Å². The van der Waals surface area contributed by atoms with Crippen LogP contribution in [0.15, 0.2) is 140 Å². The van der Waals surface area contributed by atoms with Crippen LogP contribution in [0.1, 0.15) is 25.0 Å². The Morgan fingerprint density at radius 3 is 1.86 bits per heavy atom. The average molecular weight is 560 g/mol. The van der Waals surface area contributed by atoms with Gasteiger partial charge in [0.05, 0.1) is 11.0 Å². The van der Waals surface area contributed by atoms with Crippen LogP contribution in [-0.2, 0) is 5.41 Å². The summed E-state index contributed by atoms with van der Waals surface area (Å²) in [5.74, 6) is 0. The summed E-state index contributed by atoms with van der Waals surface area (Å²) in [6.45, 7) is 4.82. The van der Waals surface area contributed by atoms with E-state index in [0.29, 0.717) is 0 Å². The van der Waals surface area contributed by atoms with E-state index in [1.54, 1.807) is 0 Å². The molecule has 0 amide bonds. The summed E-state index contributed by atoms with van der Waals surface area (Å²) in [5, 5.41) is 13.2. The van der Waals surface area contributed by atoms with Crippen molar-refractivity contribution in [2.45, 2.75) is 19.3 Å². The van der Waals surface area contributed by atoms with Crippen LogP contribution in [0.5, 0.6) is 0 Å². The Hall–Kier alpha value is -5.40. The zero-order valence-corrected chi connectivity index (χ0v) is 24.7. The SMILES string of the molecule is CC1(C)c2cc3c(cc2-c2c1ccc1c4ccccc4c4ccc5ccccc5c4c21)c1ccccc1n3-c1ccccc1. The number of rotatable bonds is 1. The van der Waals surface area contributed by atoms with E-state index in [0.717, 1.165) is 0 Å². The summed E-state index contributed by atoms with van der Waals surface area (Å²) in [7, 11) is 0. The van der Waals surface area contributed by atoms with Crippen molar-refractivity contribution in [3.63, 3.8) is 0 Å². The molecule has 0 spiro atoms. The van der Waals surface area contributed by atoms with Crippen LogP contribution in [0.2, 0.25) is 0 Å². The summed E-state index contributed by atoms with van der Waals surface area (Å²) in [5.41, 5.74) is 9.13. The maximum Gasteiger partial charge on any atom is 0.0544 e. The molecule has 1 heteroatoms. The summed E-state index contributed by atoms with van der Waals surface area (Å²) in [6.07, 6.45) is 0. The minimum absolute atomic E-state index is 0.145. The lowest BCUT2D eigenvalue weighted by molar-refractivity contribution is 0.661. The molecule has 10 rings (SSSR count). The number of hydrogen-bond donors (Lipinski definition) is 0. The van der Waals surface area contributed by atoms with Gasteiger partial charge in [0.2, 0.25) is 0 Å². The second-order valence-corrected chi connectivity index (χ2v) is 12.9. The first-order valence-electron chi connectivity index (χ1n) is 15.5. The number of hydrogen-bond acceptors (Lipinski definition) is 0. The van der Waals surface area contributed by atoms with Crippen LogP contribution < -0.4 is 0 Å². The van der Waals surface area contributed by atoms with Crippen molar-refractivity contribution in [1.82, 2.24) is 4.57 Å². The number of para-hydroxylation sites is 2. The van der Waals surface area contributed by atoms with Crippen LogP contribution in [-0.4, -0.2) is 4.57 Å². The van der Waals surface area contributed by atoms with E-state index in [-0.39, 0.29) is 5.41 Å². The van der Waals surface area contributed by atoms with Gasteiger partial charge in [0.15, 0.2) is 0 Å². The number of nitrogens with zero attached hydrogens (tertiary/aromatic N) is 1. The second kappa shape index (κ2) is 8.36. The third-order valence-corrected chi connectivity index (χ3v) is 10.3. The topological polar surface area (TPSA) is 4.93 Å². The van der Waals surface area contributed by atoms with Gasteiger partial charge >= 0.3 is 0 Å². The van der Waals surface area contributed by atoms with E-state index < -0.39 is 0 Å². The smallest absolute Gasteiger partial charge is 0.0544 e. The van der Waals surface area contributed by atoms with E-state index >= 15 is 0 Å². The quantitative estimate of drug-likeness (QED) is 0.176. The fourth-order valence-corrected chi connectivity index (χ4v) is 8.34. The highest BCUT2D eigenvalue weighted by Crippen LogP contribution is 2.55. The summed E-state index contributed by atoms with van der Waals surface area (Å²) in [6, 6.07) is 51.9. The molecule has 0 fully saturated rings. The highest BCUT2D eigenvalue weighted by molar-refractivity contribution is 6.34. The predicted molar refractivity (Wildman–Crippen MR) is 188 cm³/mol. The molecule has 0 saturated heterocycles. The third kappa shape index (κ3) is 2.94. The molecule has 0 atom stereocenters. The molecule has 0 aliphatic heterocycles. The Balaban J connectivity index is 1.44. The normalized spacial score (nSPS) is 13.9. The molecule has 1 nitrogen and oxygen atoms in total. The lowest BCUT2D eigenvalue weighted by Gasteiger charge is -2.22. The van der Waals surface area contributed by atoms with Crippen LogP contribution in [0.25, 0.3) is 81.7 Å². The number of aromatic nitrogens is 1. The molecular weight excluding hydrogens is 530 g/mol. The predicted octanol–water partition coefficient (Wildman–Crippen LogP) is 11.7. The molecule has 0 saturated carbocycles. The second-order valence-electron chi connectivity index (χ2n) is 12.9. The van der Waals surface area contributed by atoms with Gasteiger partial charge in [-0.15, -0.1) is 0 Å². The minimum atomic E-state index is -0.145. The molecule has 206 valence electrons. The Morgan fingerprint density at radius 2 is 1.07 bits per heavy atom. The Bertz CT molecular complexity index is 2670. The molecule has 8 aromatic carbocycles. The third-order valence-electron chi connectivity index (χ3n) is 10.3. The maximum atomic E-state index is 2.51. The largest absolute Gasteiger partial charge is 0.309 e. The zero-order valence-electron chi connectivity index (χ0n) is 24.7. The molecule has 9 aromatic rings. The van der Waals surface area contributed by atoms with Crippen molar-refractivity contribution in [3.05, 3.63) is 151 Å². The minimum Gasteiger partial charge on any atom is -0.309 e. The summed E-state index contributed by atoms with van der Waals surface area (Å²) >= 11 is 0. The molecule has 1 aromatic heterocycles. The van der Waals surface area contributed by atoms with Crippen molar-refractivity contribution >= 4 is 64.9 Å².